The van der Waals surface area contributed by atoms with Gasteiger partial charge in [-0.25, -0.2) is 4.79 Å². The van der Waals surface area contributed by atoms with Crippen molar-refractivity contribution in [2.45, 2.75) is 6.92 Å². The van der Waals surface area contributed by atoms with Crippen molar-refractivity contribution in [3.63, 3.8) is 0 Å². The zero-order chi connectivity index (χ0) is 23.1. The lowest BCUT2D eigenvalue weighted by molar-refractivity contribution is -0.113. The zero-order valence-corrected chi connectivity index (χ0v) is 17.6. The van der Waals surface area contributed by atoms with Crippen molar-refractivity contribution in [3.8, 4) is 5.75 Å². The molecule has 0 heterocycles. The molecule has 3 N–H and O–H groups in total. The van der Waals surface area contributed by atoms with Crippen LogP contribution in [0.4, 0.5) is 5.69 Å². The van der Waals surface area contributed by atoms with Crippen LogP contribution in [0.2, 0.25) is 0 Å². The van der Waals surface area contributed by atoms with E-state index in [0.717, 1.165) is 5.56 Å². The first-order chi connectivity index (χ1) is 15.4. The lowest BCUT2D eigenvalue weighted by Crippen LogP contribution is -2.30. The molecule has 7 heteroatoms. The first kappa shape index (κ1) is 22.3. The highest BCUT2D eigenvalue weighted by Crippen LogP contribution is 2.26. The molecule has 0 aliphatic carbocycles. The van der Waals surface area contributed by atoms with Gasteiger partial charge in [-0.2, -0.15) is 0 Å². The fraction of sp³-hybridized carbons (Fsp3) is 0.0800. The van der Waals surface area contributed by atoms with E-state index in [1.54, 1.807) is 36.4 Å². The molecule has 0 radical (unpaired) electrons. The smallest absolute Gasteiger partial charge is 0.335 e. The first-order valence-corrected chi connectivity index (χ1v) is 9.75. The lowest BCUT2D eigenvalue weighted by Gasteiger charge is -2.14. The number of anilines is 1. The van der Waals surface area contributed by atoms with Gasteiger partial charge in [0.05, 0.1) is 18.4 Å². The second kappa shape index (κ2) is 10.1. The number of carboxylic acids is 1. The number of carbonyl (C=O) groups is 3. The number of hydrogen-bond donors (Lipinski definition) is 3. The van der Waals surface area contributed by atoms with Crippen LogP contribution in [0.15, 0.2) is 78.5 Å². The van der Waals surface area contributed by atoms with Crippen LogP contribution in [-0.4, -0.2) is 30.0 Å². The maximum atomic E-state index is 13.1. The van der Waals surface area contributed by atoms with Crippen LogP contribution in [0.5, 0.6) is 5.75 Å². The molecule has 0 aromatic heterocycles. The average molecular weight is 430 g/mol. The number of aryl methyl sites for hydroxylation is 1. The Labute approximate surface area is 185 Å². The first-order valence-electron chi connectivity index (χ1n) is 9.75. The molecule has 162 valence electrons. The van der Waals surface area contributed by atoms with E-state index < -0.39 is 17.8 Å². The van der Waals surface area contributed by atoms with Crippen molar-refractivity contribution in [1.82, 2.24) is 5.32 Å². The number of hydrogen-bond acceptors (Lipinski definition) is 4. The Morgan fingerprint density at radius 2 is 1.59 bits per heavy atom. The van der Waals surface area contributed by atoms with Crippen LogP contribution in [-0.2, 0) is 4.79 Å². The third-order valence-electron chi connectivity index (χ3n) is 4.61. The van der Waals surface area contributed by atoms with E-state index in [2.05, 4.69) is 10.6 Å². The predicted octanol–water partition coefficient (Wildman–Crippen LogP) is 4.11. The number of carbonyl (C=O) groups excluding carboxylic acids is 2. The van der Waals surface area contributed by atoms with Crippen LogP contribution in [0, 0.1) is 6.92 Å². The molecule has 0 saturated heterocycles. The molecular formula is C25H22N2O5. The number of benzene rings is 3. The SMILES string of the molecule is COc1ccc(C(=O)O)cc1NC(=O)/C(=C/c1ccc(C)cc1)NC(=O)c1ccccc1. The van der Waals surface area contributed by atoms with Crippen LogP contribution in [0.3, 0.4) is 0 Å². The molecule has 0 saturated carbocycles. The quantitative estimate of drug-likeness (QED) is 0.489. The number of carboxylic acid groups (broad SMARTS) is 1. The Balaban J connectivity index is 1.94. The second-order valence-electron chi connectivity index (χ2n) is 6.96. The highest BCUT2D eigenvalue weighted by molar-refractivity contribution is 6.11. The normalized spacial score (nSPS) is 10.9. The van der Waals surface area contributed by atoms with Crippen LogP contribution >= 0.6 is 0 Å². The van der Waals surface area contributed by atoms with Gasteiger partial charge in [0.25, 0.3) is 11.8 Å². The Morgan fingerprint density at radius 1 is 0.906 bits per heavy atom. The van der Waals surface area contributed by atoms with Crippen molar-refractivity contribution < 1.29 is 24.2 Å². The highest BCUT2D eigenvalue weighted by Gasteiger charge is 2.18. The molecule has 0 unspecified atom stereocenters. The minimum Gasteiger partial charge on any atom is -0.495 e. The van der Waals surface area contributed by atoms with Gasteiger partial charge in [0.15, 0.2) is 0 Å². The van der Waals surface area contributed by atoms with E-state index in [-0.39, 0.29) is 22.7 Å². The largest absolute Gasteiger partial charge is 0.495 e. The lowest BCUT2D eigenvalue weighted by atomic mass is 10.1. The summed E-state index contributed by atoms with van der Waals surface area (Å²) >= 11 is 0. The Hall–Kier alpha value is -4.39. The van der Waals surface area contributed by atoms with E-state index in [9.17, 15) is 19.5 Å². The summed E-state index contributed by atoms with van der Waals surface area (Å²) in [6.45, 7) is 1.94. The van der Waals surface area contributed by atoms with E-state index in [1.165, 1.54) is 25.3 Å². The van der Waals surface area contributed by atoms with Crippen LogP contribution in [0.1, 0.15) is 31.8 Å². The molecule has 0 aliphatic heterocycles. The number of methoxy groups -OCH3 is 1. The van der Waals surface area contributed by atoms with Crippen LogP contribution < -0.4 is 15.4 Å². The van der Waals surface area contributed by atoms with E-state index in [1.807, 2.05) is 31.2 Å². The molecule has 3 rings (SSSR count). The monoisotopic (exact) mass is 430 g/mol. The number of amides is 2. The van der Waals surface area contributed by atoms with Gasteiger partial charge < -0.3 is 20.5 Å². The summed E-state index contributed by atoms with van der Waals surface area (Å²) in [6, 6.07) is 20.0. The van der Waals surface area contributed by atoms with Crippen molar-refractivity contribution in [3.05, 3.63) is 101 Å². The van der Waals surface area contributed by atoms with E-state index in [0.29, 0.717) is 11.1 Å². The summed E-state index contributed by atoms with van der Waals surface area (Å²) in [5.41, 5.74) is 2.29. The van der Waals surface area contributed by atoms with Crippen LogP contribution in [0.25, 0.3) is 6.08 Å². The van der Waals surface area contributed by atoms with Gasteiger partial charge in [0.2, 0.25) is 0 Å². The predicted molar refractivity (Wildman–Crippen MR) is 122 cm³/mol. The standard InChI is InChI=1S/C25H22N2O5/c1-16-8-10-17(11-9-16)14-21(27-23(28)18-6-4-3-5-7-18)24(29)26-20-15-19(25(30)31)12-13-22(20)32-2/h3-15H,1-2H3,(H,26,29)(H,27,28)(H,30,31)/b21-14-. The summed E-state index contributed by atoms with van der Waals surface area (Å²) in [6.07, 6.45) is 1.54. The third kappa shape index (κ3) is 5.60. The Morgan fingerprint density at radius 3 is 2.22 bits per heavy atom. The second-order valence-corrected chi connectivity index (χ2v) is 6.96. The molecule has 0 spiro atoms. The van der Waals surface area contributed by atoms with Gasteiger partial charge in [-0.05, 0) is 48.9 Å². The molecule has 3 aromatic carbocycles. The van der Waals surface area contributed by atoms with Crippen molar-refractivity contribution in [2.75, 3.05) is 12.4 Å². The summed E-state index contributed by atoms with van der Waals surface area (Å²) in [4.78, 5) is 37.1. The van der Waals surface area contributed by atoms with Crippen molar-refractivity contribution in [1.29, 1.82) is 0 Å². The number of ether oxygens (including phenoxy) is 1. The van der Waals surface area contributed by atoms with E-state index in [4.69, 9.17) is 4.74 Å². The fourth-order valence-corrected chi connectivity index (χ4v) is 2.90. The number of nitrogens with one attached hydrogen (secondary N) is 2. The summed E-state index contributed by atoms with van der Waals surface area (Å²) < 4.78 is 5.23. The highest BCUT2D eigenvalue weighted by atomic mass is 16.5. The summed E-state index contributed by atoms with van der Waals surface area (Å²) in [5.74, 6) is -1.94. The molecule has 32 heavy (non-hydrogen) atoms. The Kier molecular flexibility index (Phi) is 7.02. The maximum absolute atomic E-state index is 13.1. The van der Waals surface area contributed by atoms with Gasteiger partial charge in [-0.15, -0.1) is 0 Å². The molecule has 0 fully saturated rings. The average Bonchev–Trinajstić information content (AvgIpc) is 2.80. The molecular weight excluding hydrogens is 408 g/mol. The summed E-state index contributed by atoms with van der Waals surface area (Å²) in [5, 5.41) is 14.5. The van der Waals surface area contributed by atoms with Gasteiger partial charge in [0, 0.05) is 5.56 Å². The fourth-order valence-electron chi connectivity index (χ4n) is 2.90. The van der Waals surface area contributed by atoms with Crippen molar-refractivity contribution in [2.24, 2.45) is 0 Å². The third-order valence-corrected chi connectivity index (χ3v) is 4.61. The molecule has 7 nitrogen and oxygen atoms in total. The minimum absolute atomic E-state index is 0.00881. The zero-order valence-electron chi connectivity index (χ0n) is 17.6. The molecule has 2 amide bonds. The molecule has 0 bridgehead atoms. The summed E-state index contributed by atoms with van der Waals surface area (Å²) in [7, 11) is 1.41. The van der Waals surface area contributed by atoms with Gasteiger partial charge >= 0.3 is 5.97 Å². The molecule has 3 aromatic rings. The van der Waals surface area contributed by atoms with E-state index >= 15 is 0 Å². The van der Waals surface area contributed by atoms with Gasteiger partial charge in [-0.3, -0.25) is 9.59 Å². The molecule has 0 atom stereocenters. The van der Waals surface area contributed by atoms with Crippen molar-refractivity contribution >= 4 is 29.5 Å². The molecule has 0 aliphatic rings. The van der Waals surface area contributed by atoms with Gasteiger partial charge in [0.1, 0.15) is 11.4 Å². The van der Waals surface area contributed by atoms with Gasteiger partial charge in [-0.1, -0.05) is 48.0 Å². The Bertz CT molecular complexity index is 1170. The maximum Gasteiger partial charge on any atom is 0.335 e. The minimum atomic E-state index is -1.14. The topological polar surface area (TPSA) is 105 Å². The number of aromatic carboxylic acids is 1. The number of rotatable bonds is 7.